The molecule has 2 aromatic heterocycles. The van der Waals surface area contributed by atoms with Gasteiger partial charge < -0.3 is 0 Å². The van der Waals surface area contributed by atoms with Crippen LogP contribution < -0.4 is 9.13 Å². The lowest BCUT2D eigenvalue weighted by Crippen LogP contribution is -2.29. The van der Waals surface area contributed by atoms with Gasteiger partial charge in [0.15, 0.2) is 24.8 Å². The molecule has 0 aliphatic carbocycles. The SMILES string of the molecule is C.c1ccc(-[n+]2ccc(-c3cc[n+](-c4ccccc4)cc3)cc2)cc1. The predicted molar refractivity (Wildman–Crippen MR) is 102 cm³/mol. The van der Waals surface area contributed by atoms with Crippen LogP contribution in [0.3, 0.4) is 0 Å². The van der Waals surface area contributed by atoms with Crippen LogP contribution >= 0.6 is 0 Å². The van der Waals surface area contributed by atoms with Gasteiger partial charge in [0, 0.05) is 48.5 Å². The molecule has 2 heteroatoms. The van der Waals surface area contributed by atoms with Crippen LogP contribution in [-0.2, 0) is 0 Å². The highest BCUT2D eigenvalue weighted by molar-refractivity contribution is 5.61. The molecule has 0 atom stereocenters. The second-order valence-corrected chi connectivity index (χ2v) is 5.66. The number of nitrogens with zero attached hydrogens (tertiary/aromatic N) is 2. The Bertz CT molecular complexity index is 832. The summed E-state index contributed by atoms with van der Waals surface area (Å²) < 4.78 is 4.24. The molecule has 0 fully saturated rings. The molecule has 2 heterocycles. The quantitative estimate of drug-likeness (QED) is 0.488. The average Bonchev–Trinajstić information content (AvgIpc) is 2.70. The fourth-order valence-corrected chi connectivity index (χ4v) is 2.78. The second kappa shape index (κ2) is 7.54. The zero-order valence-corrected chi connectivity index (χ0v) is 13.3. The largest absolute Gasteiger partial charge is 0.210 e. The fraction of sp³-hybridized carbons (Fsp3) is 0.0435. The van der Waals surface area contributed by atoms with Gasteiger partial charge in [-0.05, 0) is 11.1 Å². The molecule has 0 amide bonds. The molecule has 0 aliphatic rings. The third-order valence-corrected chi connectivity index (χ3v) is 4.10. The van der Waals surface area contributed by atoms with Crippen LogP contribution in [0.2, 0.25) is 0 Å². The van der Waals surface area contributed by atoms with Gasteiger partial charge in [-0.1, -0.05) is 43.8 Å². The van der Waals surface area contributed by atoms with Gasteiger partial charge in [-0.2, -0.15) is 9.13 Å². The van der Waals surface area contributed by atoms with Crippen LogP contribution in [0.4, 0.5) is 0 Å². The second-order valence-electron chi connectivity index (χ2n) is 5.66. The van der Waals surface area contributed by atoms with Crippen molar-refractivity contribution in [1.29, 1.82) is 0 Å². The minimum absolute atomic E-state index is 0. The summed E-state index contributed by atoms with van der Waals surface area (Å²) in [6.07, 6.45) is 8.40. The summed E-state index contributed by atoms with van der Waals surface area (Å²) in [5.41, 5.74) is 4.75. The third kappa shape index (κ3) is 3.64. The van der Waals surface area contributed by atoms with E-state index in [0.29, 0.717) is 0 Å². The topological polar surface area (TPSA) is 7.76 Å². The first kappa shape index (κ1) is 16.6. The maximum absolute atomic E-state index is 2.15. The maximum atomic E-state index is 2.15. The number of pyridine rings is 2. The molecule has 0 saturated carbocycles. The standard InChI is InChI=1S/C22H18N2.CH4/c1-3-7-21(8-4-1)23-15-11-19(12-16-23)20-13-17-24(18-14-20)22-9-5-2-6-10-22;/h1-18H;1H4/q+2;. The van der Waals surface area contributed by atoms with Crippen molar-refractivity contribution in [3.63, 3.8) is 0 Å². The van der Waals surface area contributed by atoms with Crippen LogP contribution in [-0.4, -0.2) is 0 Å². The summed E-state index contributed by atoms with van der Waals surface area (Å²) in [4.78, 5) is 0. The average molecular weight is 326 g/mol. The van der Waals surface area contributed by atoms with Crippen molar-refractivity contribution in [2.24, 2.45) is 0 Å². The summed E-state index contributed by atoms with van der Waals surface area (Å²) in [6, 6.07) is 29.3. The molecule has 4 rings (SSSR count). The molecule has 0 saturated heterocycles. The highest BCUT2D eigenvalue weighted by atomic mass is 14.9. The number of benzene rings is 2. The van der Waals surface area contributed by atoms with E-state index in [2.05, 4.69) is 107 Å². The summed E-state index contributed by atoms with van der Waals surface area (Å²) in [5, 5.41) is 0. The normalized spacial score (nSPS) is 10.1. The van der Waals surface area contributed by atoms with Crippen LogP contribution in [0, 0.1) is 0 Å². The fourth-order valence-electron chi connectivity index (χ4n) is 2.78. The van der Waals surface area contributed by atoms with E-state index in [1.54, 1.807) is 0 Å². The van der Waals surface area contributed by atoms with Gasteiger partial charge in [0.25, 0.3) is 0 Å². The zero-order valence-electron chi connectivity index (χ0n) is 13.3. The van der Waals surface area contributed by atoms with E-state index in [-0.39, 0.29) is 7.43 Å². The van der Waals surface area contributed by atoms with Gasteiger partial charge in [0.2, 0.25) is 11.4 Å². The predicted octanol–water partition coefficient (Wildman–Crippen LogP) is 4.54. The number of hydrogen-bond acceptors (Lipinski definition) is 0. The number of para-hydroxylation sites is 2. The van der Waals surface area contributed by atoms with E-state index in [0.717, 1.165) is 0 Å². The first-order valence-corrected chi connectivity index (χ1v) is 8.04. The Balaban J connectivity index is 0.00000182. The van der Waals surface area contributed by atoms with Gasteiger partial charge in [-0.3, -0.25) is 0 Å². The summed E-state index contributed by atoms with van der Waals surface area (Å²) in [5.74, 6) is 0. The van der Waals surface area contributed by atoms with E-state index in [1.165, 1.54) is 22.5 Å². The van der Waals surface area contributed by atoms with Crippen LogP contribution in [0.5, 0.6) is 0 Å². The van der Waals surface area contributed by atoms with Crippen molar-refractivity contribution in [3.05, 3.63) is 110 Å². The molecule has 2 aromatic carbocycles. The van der Waals surface area contributed by atoms with Crippen molar-refractivity contribution in [3.8, 4) is 22.5 Å². The zero-order chi connectivity index (χ0) is 16.2. The first-order valence-electron chi connectivity index (χ1n) is 8.04. The smallest absolute Gasteiger partial charge is 0.167 e. The van der Waals surface area contributed by atoms with E-state index in [1.807, 2.05) is 12.1 Å². The van der Waals surface area contributed by atoms with Crippen molar-refractivity contribution in [2.45, 2.75) is 7.43 Å². The molecule has 0 radical (unpaired) electrons. The van der Waals surface area contributed by atoms with Crippen LogP contribution in [0.25, 0.3) is 22.5 Å². The molecular formula is C23H22N2+2. The molecule has 0 unspecified atom stereocenters. The van der Waals surface area contributed by atoms with Crippen molar-refractivity contribution in [2.75, 3.05) is 0 Å². The monoisotopic (exact) mass is 326 g/mol. The minimum Gasteiger partial charge on any atom is -0.167 e. The van der Waals surface area contributed by atoms with Crippen LogP contribution in [0.1, 0.15) is 7.43 Å². The number of rotatable bonds is 3. The molecule has 0 bridgehead atoms. The minimum atomic E-state index is 0. The molecule has 0 aliphatic heterocycles. The van der Waals surface area contributed by atoms with Crippen molar-refractivity contribution >= 4 is 0 Å². The lowest BCUT2D eigenvalue weighted by atomic mass is 10.1. The molecular weight excluding hydrogens is 304 g/mol. The highest BCUT2D eigenvalue weighted by Gasteiger charge is 2.08. The Hall–Kier alpha value is -3.26. The molecule has 4 aromatic rings. The van der Waals surface area contributed by atoms with E-state index in [9.17, 15) is 0 Å². The number of aromatic nitrogens is 2. The van der Waals surface area contributed by atoms with E-state index in [4.69, 9.17) is 0 Å². The maximum Gasteiger partial charge on any atom is 0.210 e. The van der Waals surface area contributed by atoms with Gasteiger partial charge in [-0.25, -0.2) is 0 Å². The Morgan fingerprint density at radius 2 is 0.720 bits per heavy atom. The van der Waals surface area contributed by atoms with Gasteiger partial charge in [-0.15, -0.1) is 0 Å². The van der Waals surface area contributed by atoms with E-state index >= 15 is 0 Å². The van der Waals surface area contributed by atoms with Crippen LogP contribution in [0.15, 0.2) is 110 Å². The van der Waals surface area contributed by atoms with Crippen molar-refractivity contribution < 1.29 is 9.13 Å². The summed E-state index contributed by atoms with van der Waals surface area (Å²) in [6.45, 7) is 0. The Morgan fingerprint density at radius 1 is 0.400 bits per heavy atom. The molecule has 0 N–H and O–H groups in total. The lowest BCUT2D eigenvalue weighted by molar-refractivity contribution is -0.596. The third-order valence-electron chi connectivity index (χ3n) is 4.10. The van der Waals surface area contributed by atoms with Gasteiger partial charge in [0.1, 0.15) is 0 Å². The Labute approximate surface area is 149 Å². The molecule has 122 valence electrons. The van der Waals surface area contributed by atoms with Gasteiger partial charge in [0.05, 0.1) is 0 Å². The Morgan fingerprint density at radius 3 is 1.04 bits per heavy atom. The lowest BCUT2D eigenvalue weighted by Gasteiger charge is -2.01. The highest BCUT2D eigenvalue weighted by Crippen LogP contribution is 2.16. The molecule has 0 spiro atoms. The number of hydrogen-bond donors (Lipinski definition) is 0. The molecule has 2 nitrogen and oxygen atoms in total. The van der Waals surface area contributed by atoms with E-state index < -0.39 is 0 Å². The van der Waals surface area contributed by atoms with Gasteiger partial charge >= 0.3 is 0 Å². The Kier molecular flexibility index (Phi) is 5.00. The molecule has 25 heavy (non-hydrogen) atoms. The summed E-state index contributed by atoms with van der Waals surface area (Å²) >= 11 is 0. The summed E-state index contributed by atoms with van der Waals surface area (Å²) in [7, 11) is 0. The van der Waals surface area contributed by atoms with Crippen molar-refractivity contribution in [1.82, 2.24) is 0 Å². The first-order chi connectivity index (χ1) is 11.9.